The summed E-state index contributed by atoms with van der Waals surface area (Å²) in [6, 6.07) is 1.95. The van der Waals surface area contributed by atoms with Crippen molar-refractivity contribution in [3.63, 3.8) is 0 Å². The van der Waals surface area contributed by atoms with Crippen molar-refractivity contribution in [2.45, 2.75) is 63.5 Å². The molecule has 0 bridgehead atoms. The molecule has 2 aliphatic rings. The van der Waals surface area contributed by atoms with Crippen molar-refractivity contribution >= 4 is 11.8 Å². The van der Waals surface area contributed by atoms with Crippen LogP contribution >= 0.6 is 0 Å². The number of rotatable bonds is 5. The van der Waals surface area contributed by atoms with E-state index in [9.17, 15) is 9.90 Å². The van der Waals surface area contributed by atoms with Gasteiger partial charge in [0.1, 0.15) is 5.82 Å². The van der Waals surface area contributed by atoms with Crippen LogP contribution in [0.15, 0.2) is 12.3 Å². The Labute approximate surface area is 131 Å². The van der Waals surface area contributed by atoms with Gasteiger partial charge in [0.05, 0.1) is 24.4 Å². The third-order valence-electron chi connectivity index (χ3n) is 5.04. The lowest BCUT2D eigenvalue weighted by Gasteiger charge is -2.29. The summed E-state index contributed by atoms with van der Waals surface area (Å²) in [7, 11) is 0. The quantitative estimate of drug-likeness (QED) is 0.782. The number of anilines is 1. The standard InChI is InChI=1S/C16H26N4O2/c1-16(11-21,12-7-8-12)19-15(22)18-14-9-10-17-20(14)13-5-3-2-4-6-13/h9-10,12-13,21H,2-8,11H2,1H3,(H2,18,19,22). The van der Waals surface area contributed by atoms with Gasteiger partial charge in [-0.05, 0) is 38.5 Å². The van der Waals surface area contributed by atoms with Gasteiger partial charge in [0.25, 0.3) is 0 Å². The monoisotopic (exact) mass is 306 g/mol. The molecule has 1 aromatic rings. The van der Waals surface area contributed by atoms with Crippen LogP contribution in [-0.4, -0.2) is 33.1 Å². The molecule has 1 atom stereocenters. The second kappa shape index (κ2) is 6.28. The molecule has 2 aliphatic carbocycles. The highest BCUT2D eigenvalue weighted by atomic mass is 16.3. The van der Waals surface area contributed by atoms with E-state index < -0.39 is 5.54 Å². The number of hydrogen-bond donors (Lipinski definition) is 3. The minimum Gasteiger partial charge on any atom is -0.394 e. The fraction of sp³-hybridized carbons (Fsp3) is 0.750. The molecule has 2 amide bonds. The van der Waals surface area contributed by atoms with E-state index >= 15 is 0 Å². The van der Waals surface area contributed by atoms with E-state index in [0.717, 1.165) is 31.5 Å². The van der Waals surface area contributed by atoms with Crippen LogP contribution in [0.2, 0.25) is 0 Å². The summed E-state index contributed by atoms with van der Waals surface area (Å²) in [5, 5.41) is 19.8. The van der Waals surface area contributed by atoms with Crippen LogP contribution in [0.4, 0.5) is 10.6 Å². The number of aromatic nitrogens is 2. The largest absolute Gasteiger partial charge is 0.394 e. The van der Waals surface area contributed by atoms with Crippen molar-refractivity contribution < 1.29 is 9.90 Å². The number of hydrogen-bond acceptors (Lipinski definition) is 3. The second-order valence-corrected chi connectivity index (χ2v) is 6.88. The number of carbonyl (C=O) groups is 1. The molecule has 2 fully saturated rings. The fourth-order valence-corrected chi connectivity index (χ4v) is 3.43. The molecule has 0 aliphatic heterocycles. The van der Waals surface area contributed by atoms with Gasteiger partial charge in [-0.1, -0.05) is 19.3 Å². The number of urea groups is 1. The second-order valence-electron chi connectivity index (χ2n) is 6.88. The van der Waals surface area contributed by atoms with E-state index in [-0.39, 0.29) is 12.6 Å². The predicted molar refractivity (Wildman–Crippen MR) is 84.7 cm³/mol. The zero-order chi connectivity index (χ0) is 15.6. The Morgan fingerprint density at radius 1 is 1.36 bits per heavy atom. The summed E-state index contributed by atoms with van der Waals surface area (Å²) in [4.78, 5) is 12.3. The zero-order valence-electron chi connectivity index (χ0n) is 13.2. The van der Waals surface area contributed by atoms with Crippen LogP contribution < -0.4 is 10.6 Å². The number of nitrogens with zero attached hydrogens (tertiary/aromatic N) is 2. The first-order chi connectivity index (χ1) is 10.6. The van der Waals surface area contributed by atoms with Gasteiger partial charge >= 0.3 is 6.03 Å². The molecular formula is C16H26N4O2. The summed E-state index contributed by atoms with van der Waals surface area (Å²) in [5.74, 6) is 1.12. The van der Waals surface area contributed by atoms with Gasteiger partial charge in [0.15, 0.2) is 0 Å². The average molecular weight is 306 g/mol. The highest BCUT2D eigenvalue weighted by molar-refractivity contribution is 5.88. The van der Waals surface area contributed by atoms with Crippen LogP contribution in [-0.2, 0) is 0 Å². The Balaban J connectivity index is 1.63. The molecule has 1 aromatic heterocycles. The third kappa shape index (κ3) is 3.27. The lowest BCUT2D eigenvalue weighted by molar-refractivity contribution is 0.159. The van der Waals surface area contributed by atoms with Gasteiger partial charge in [-0.15, -0.1) is 0 Å². The molecule has 3 N–H and O–H groups in total. The van der Waals surface area contributed by atoms with Crippen molar-refractivity contribution in [1.29, 1.82) is 0 Å². The highest BCUT2D eigenvalue weighted by Gasteiger charge is 2.42. The van der Waals surface area contributed by atoms with Crippen LogP contribution in [0, 0.1) is 5.92 Å². The van der Waals surface area contributed by atoms with E-state index in [1.807, 2.05) is 17.7 Å². The van der Waals surface area contributed by atoms with Crippen molar-refractivity contribution in [2.24, 2.45) is 5.92 Å². The SMILES string of the molecule is CC(CO)(NC(=O)Nc1ccnn1C1CCCCC1)C1CC1. The first kappa shape index (κ1) is 15.3. The topological polar surface area (TPSA) is 79.2 Å². The maximum absolute atomic E-state index is 12.3. The maximum atomic E-state index is 12.3. The van der Waals surface area contributed by atoms with Crippen molar-refractivity contribution in [2.75, 3.05) is 11.9 Å². The smallest absolute Gasteiger partial charge is 0.320 e. The maximum Gasteiger partial charge on any atom is 0.320 e. The summed E-state index contributed by atoms with van der Waals surface area (Å²) in [6.45, 7) is 1.87. The van der Waals surface area contributed by atoms with Gasteiger partial charge < -0.3 is 10.4 Å². The molecule has 3 rings (SSSR count). The molecular weight excluding hydrogens is 280 g/mol. The molecule has 1 heterocycles. The van der Waals surface area contributed by atoms with Gasteiger partial charge in [0.2, 0.25) is 0 Å². The van der Waals surface area contributed by atoms with Crippen molar-refractivity contribution in [1.82, 2.24) is 15.1 Å². The van der Waals surface area contributed by atoms with Gasteiger partial charge in [-0.2, -0.15) is 5.10 Å². The molecule has 6 nitrogen and oxygen atoms in total. The molecule has 0 saturated heterocycles. The van der Waals surface area contributed by atoms with E-state index in [4.69, 9.17) is 0 Å². The summed E-state index contributed by atoms with van der Waals surface area (Å²) < 4.78 is 1.94. The van der Waals surface area contributed by atoms with E-state index in [1.54, 1.807) is 6.20 Å². The summed E-state index contributed by atoms with van der Waals surface area (Å²) in [6.07, 6.45) is 9.84. The van der Waals surface area contributed by atoms with Gasteiger partial charge in [-0.25, -0.2) is 9.48 Å². The van der Waals surface area contributed by atoms with Crippen LogP contribution in [0.3, 0.4) is 0 Å². The van der Waals surface area contributed by atoms with Crippen LogP contribution in [0.1, 0.15) is 57.9 Å². The van der Waals surface area contributed by atoms with Gasteiger partial charge in [-0.3, -0.25) is 5.32 Å². The average Bonchev–Trinajstić information content (AvgIpc) is 3.29. The van der Waals surface area contributed by atoms with E-state index in [2.05, 4.69) is 15.7 Å². The number of amides is 2. The third-order valence-corrected chi connectivity index (χ3v) is 5.04. The molecule has 1 unspecified atom stereocenters. The molecule has 22 heavy (non-hydrogen) atoms. The Morgan fingerprint density at radius 2 is 2.09 bits per heavy atom. The fourth-order valence-electron chi connectivity index (χ4n) is 3.43. The van der Waals surface area contributed by atoms with Crippen molar-refractivity contribution in [3.8, 4) is 0 Å². The Morgan fingerprint density at radius 3 is 2.73 bits per heavy atom. The molecule has 0 radical (unpaired) electrons. The zero-order valence-corrected chi connectivity index (χ0v) is 13.2. The number of aliphatic hydroxyl groups is 1. The number of nitrogens with one attached hydrogen (secondary N) is 2. The number of aliphatic hydroxyl groups excluding tert-OH is 1. The minimum absolute atomic E-state index is 0.0347. The highest BCUT2D eigenvalue weighted by Crippen LogP contribution is 2.39. The lowest BCUT2D eigenvalue weighted by atomic mass is 9.96. The summed E-state index contributed by atoms with van der Waals surface area (Å²) in [5.41, 5.74) is -0.528. The van der Waals surface area contributed by atoms with Crippen LogP contribution in [0.25, 0.3) is 0 Å². The van der Waals surface area contributed by atoms with E-state index in [1.165, 1.54) is 19.3 Å². The minimum atomic E-state index is -0.528. The number of carbonyl (C=O) groups excluding carboxylic acids is 1. The van der Waals surface area contributed by atoms with E-state index in [0.29, 0.717) is 12.0 Å². The normalized spacial score (nSPS) is 22.1. The first-order valence-electron chi connectivity index (χ1n) is 8.36. The van der Waals surface area contributed by atoms with Crippen LogP contribution in [0.5, 0.6) is 0 Å². The van der Waals surface area contributed by atoms with Crippen molar-refractivity contribution in [3.05, 3.63) is 12.3 Å². The summed E-state index contributed by atoms with van der Waals surface area (Å²) >= 11 is 0. The Bertz CT molecular complexity index is 520. The Kier molecular flexibility index (Phi) is 4.38. The molecule has 122 valence electrons. The molecule has 0 spiro atoms. The lowest BCUT2D eigenvalue weighted by Crippen LogP contribution is -2.52. The van der Waals surface area contributed by atoms with Gasteiger partial charge in [0, 0.05) is 6.07 Å². The molecule has 6 heteroatoms. The predicted octanol–water partition coefficient (Wildman–Crippen LogP) is 2.67. The molecule has 2 saturated carbocycles. The molecule has 0 aromatic carbocycles. The Hall–Kier alpha value is -1.56. The first-order valence-corrected chi connectivity index (χ1v) is 8.36.